The number of aromatic amines is 1. The van der Waals surface area contributed by atoms with Crippen molar-refractivity contribution in [2.75, 3.05) is 24.0 Å². The SMILES string of the molecule is NC1=C2NCN(c3oc4c(c3F)O[PH](O)(S)O/C=C3/OC(n5cnc6c(=O)[nH]c(N)nc65)=C(O[PH](O)(S)OC4)[C@@H]3F)C2NCN1. The van der Waals surface area contributed by atoms with Crippen LogP contribution in [-0.4, -0.2) is 55.0 Å². The average Bonchev–Trinajstić information content (AvgIpc) is 3.72. The van der Waals surface area contributed by atoms with Crippen LogP contribution >= 0.6 is 38.8 Å². The van der Waals surface area contributed by atoms with Crippen molar-refractivity contribution in [1.29, 1.82) is 0 Å². The number of rotatable bonds is 2. The molecule has 0 aromatic carbocycles. The maximum absolute atomic E-state index is 15.9. The summed E-state index contributed by atoms with van der Waals surface area (Å²) in [6.45, 7) is -0.420. The number of nitrogens with zero attached hydrogens (tertiary/aromatic N) is 4. The molecule has 0 aliphatic carbocycles. The molecule has 244 valence electrons. The van der Waals surface area contributed by atoms with Crippen molar-refractivity contribution >= 4 is 67.7 Å². The molecule has 0 spiro atoms. The number of aromatic nitrogens is 4. The molecule has 45 heavy (non-hydrogen) atoms. The number of furan rings is 1. The molecule has 0 radical (unpaired) electrons. The van der Waals surface area contributed by atoms with Crippen LogP contribution in [0.4, 0.5) is 20.6 Å². The quantitative estimate of drug-likeness (QED) is 0.124. The Hall–Kier alpha value is -3.69. The summed E-state index contributed by atoms with van der Waals surface area (Å²) in [6.07, 6.45) is -1.21. The monoisotopic (exact) mass is 712 g/mol. The minimum atomic E-state index is -4.69. The molecule has 1 unspecified atom stereocenters. The molecule has 3 aromatic rings. The first kappa shape index (κ1) is 30.0. The van der Waals surface area contributed by atoms with Crippen LogP contribution < -0.4 is 42.4 Å². The van der Waals surface area contributed by atoms with Crippen molar-refractivity contribution in [2.45, 2.75) is 18.9 Å². The normalized spacial score (nSPS) is 26.6. The van der Waals surface area contributed by atoms with Gasteiger partial charge >= 0.3 is 261 Å². The van der Waals surface area contributed by atoms with Crippen molar-refractivity contribution < 1.29 is 45.8 Å². The van der Waals surface area contributed by atoms with Gasteiger partial charge in [-0.1, -0.05) is 0 Å². The zero-order chi connectivity index (χ0) is 31.8. The van der Waals surface area contributed by atoms with Crippen LogP contribution in [0.1, 0.15) is 5.76 Å². The molecule has 2 bridgehead atoms. The number of imidazole rings is 1. The summed E-state index contributed by atoms with van der Waals surface area (Å²) in [4.78, 5) is 45.9. The molecule has 1 saturated heterocycles. The Kier molecular flexibility index (Phi) is 7.13. The molecule has 0 amide bonds. The van der Waals surface area contributed by atoms with Gasteiger partial charge in [-0.3, -0.25) is 0 Å². The van der Waals surface area contributed by atoms with Gasteiger partial charge in [0.15, 0.2) is 0 Å². The molecule has 10 N–H and O–H groups in total. The van der Waals surface area contributed by atoms with Crippen LogP contribution in [0.2, 0.25) is 0 Å². The van der Waals surface area contributed by atoms with E-state index in [9.17, 15) is 14.6 Å². The number of thiol groups is 2. The zero-order valence-corrected chi connectivity index (χ0v) is 26.1. The molecule has 2 atom stereocenters. The van der Waals surface area contributed by atoms with Crippen LogP contribution in [0, 0.1) is 5.82 Å². The summed E-state index contributed by atoms with van der Waals surface area (Å²) in [5, 5.41) is 9.03. The van der Waals surface area contributed by atoms with E-state index in [0.717, 1.165) is 10.9 Å². The number of anilines is 2. The van der Waals surface area contributed by atoms with E-state index in [2.05, 4.69) is 55.4 Å². The number of nitrogen functional groups attached to an aromatic ring is 1. The van der Waals surface area contributed by atoms with Gasteiger partial charge in [-0.15, -0.1) is 0 Å². The number of halogens is 2. The van der Waals surface area contributed by atoms with E-state index >= 15 is 8.78 Å². The fourth-order valence-corrected chi connectivity index (χ4v) is 7.37. The molecule has 0 saturated carbocycles. The van der Waals surface area contributed by atoms with Gasteiger partial charge in [-0.05, 0) is 0 Å². The van der Waals surface area contributed by atoms with Gasteiger partial charge in [0.2, 0.25) is 0 Å². The van der Waals surface area contributed by atoms with Crippen molar-refractivity contribution in [3.8, 4) is 5.75 Å². The van der Waals surface area contributed by atoms with E-state index in [0.29, 0.717) is 17.8 Å². The van der Waals surface area contributed by atoms with E-state index in [1.165, 1.54) is 4.90 Å². The van der Waals surface area contributed by atoms with Crippen molar-refractivity contribution in [3.05, 3.63) is 57.6 Å². The number of nitrogens with one attached hydrogen (secondary N) is 4. The van der Waals surface area contributed by atoms with Crippen LogP contribution in [0.3, 0.4) is 0 Å². The molecule has 19 nitrogen and oxygen atoms in total. The van der Waals surface area contributed by atoms with Gasteiger partial charge in [0.25, 0.3) is 0 Å². The summed E-state index contributed by atoms with van der Waals surface area (Å²) in [7, 11) is -9.37. The molecule has 4 aliphatic rings. The zero-order valence-electron chi connectivity index (χ0n) is 22.3. The van der Waals surface area contributed by atoms with Crippen molar-refractivity contribution in [1.82, 2.24) is 35.5 Å². The van der Waals surface area contributed by atoms with Crippen molar-refractivity contribution in [3.63, 3.8) is 0 Å². The molecular weight excluding hydrogens is 688 g/mol. The topological polar surface area (TPSA) is 255 Å². The van der Waals surface area contributed by atoms with Gasteiger partial charge in [-0.25, -0.2) is 0 Å². The number of alkyl halides is 1. The first-order valence-corrected chi connectivity index (χ1v) is 18.8. The van der Waals surface area contributed by atoms with Gasteiger partial charge in [0, 0.05) is 0 Å². The fraction of sp³-hybridized carbons (Fsp3) is 0.250. The van der Waals surface area contributed by atoms with Crippen LogP contribution in [0.25, 0.3) is 17.0 Å². The van der Waals surface area contributed by atoms with Crippen LogP contribution in [-0.2, 0) is 24.9 Å². The third-order valence-corrected chi connectivity index (χ3v) is 9.91. The number of H-pyrrole nitrogens is 1. The third kappa shape index (κ3) is 5.23. The molecule has 7 heterocycles. The maximum atomic E-state index is 15.9. The molecule has 25 heteroatoms. The number of ether oxygens (including phenoxy) is 1. The van der Waals surface area contributed by atoms with Crippen LogP contribution in [0.5, 0.6) is 5.75 Å². The Labute approximate surface area is 260 Å². The predicted octanol–water partition coefficient (Wildman–Crippen LogP) is 0.0474. The minimum absolute atomic E-state index is 0.0561. The van der Waals surface area contributed by atoms with Gasteiger partial charge < -0.3 is 0 Å². The Morgan fingerprint density at radius 3 is 2.78 bits per heavy atom. The van der Waals surface area contributed by atoms with Crippen molar-refractivity contribution in [2.24, 2.45) is 5.73 Å². The first-order valence-electron chi connectivity index (χ1n) is 12.7. The predicted molar refractivity (Wildman–Crippen MR) is 162 cm³/mol. The molecule has 1 fully saturated rings. The molecule has 4 aliphatic heterocycles. The number of hydrogen-bond acceptors (Lipinski definition) is 19. The summed E-state index contributed by atoms with van der Waals surface area (Å²) >= 11 is 8.10. The third-order valence-electron chi connectivity index (χ3n) is 6.76. The first-order chi connectivity index (χ1) is 21.3. The van der Waals surface area contributed by atoms with Gasteiger partial charge in [0.1, 0.15) is 0 Å². The second-order valence-electron chi connectivity index (χ2n) is 9.67. The molecular formula is C20H24F2N10O9P2S2. The average molecular weight is 713 g/mol. The second-order valence-corrected chi connectivity index (χ2v) is 16.2. The van der Waals surface area contributed by atoms with E-state index < -0.39 is 67.8 Å². The Morgan fingerprint density at radius 2 is 1.98 bits per heavy atom. The summed E-state index contributed by atoms with van der Waals surface area (Å²) in [5.41, 5.74) is 11.2. The summed E-state index contributed by atoms with van der Waals surface area (Å²) < 4.78 is 65.7. The number of hydrogen-bond donors (Lipinski definition) is 10. The van der Waals surface area contributed by atoms with E-state index in [4.69, 9.17) is 38.7 Å². The van der Waals surface area contributed by atoms with Gasteiger partial charge in [0.05, 0.1) is 0 Å². The Balaban J connectivity index is 1.28. The van der Waals surface area contributed by atoms with Gasteiger partial charge in [-0.2, -0.15) is 0 Å². The number of nitrogens with two attached hydrogens (primary N) is 2. The number of fused-ring (bicyclic) bond motifs is 5. The standard InChI is InChI=1S/C20H24F2N10O9P2S2/c21-8-6-1-36-42(34,44)40-12-7(39-18(9(12)22)31-4-27-10-14(23)25-3-26-15(10)31)2-37-43(35,45)41-13(8)19(38-6)32-5-28-11-16(32)29-20(24)30-17(11)33/h1,5,8,15,25-27,34-35,42-45H,2-4,23H2,(H3,24,29,30,33)/b6-1+/t8-,15?/m1/s1. The summed E-state index contributed by atoms with van der Waals surface area (Å²) in [6, 6.07) is 0. The van der Waals surface area contributed by atoms with Crippen LogP contribution in [0.15, 0.2) is 44.8 Å². The second kappa shape index (κ2) is 10.7. The van der Waals surface area contributed by atoms with E-state index in [1.54, 1.807) is 0 Å². The Bertz CT molecular complexity index is 1880. The summed E-state index contributed by atoms with van der Waals surface area (Å²) in [5.74, 6) is -4.18. The van der Waals surface area contributed by atoms with E-state index in [-0.39, 0.29) is 42.1 Å². The van der Waals surface area contributed by atoms with E-state index in [1.807, 2.05) is 0 Å². The fourth-order valence-electron chi connectivity index (χ4n) is 4.80. The molecule has 7 rings (SSSR count). The Morgan fingerprint density at radius 1 is 1.18 bits per heavy atom. The molecule has 3 aromatic heterocycles.